The third kappa shape index (κ3) is 4.30. The van der Waals surface area contributed by atoms with E-state index >= 15 is 0 Å². The fraction of sp³-hybridized carbons (Fsp3) is 0.556. The van der Waals surface area contributed by atoms with Crippen molar-refractivity contribution < 1.29 is 19.2 Å². The zero-order chi connectivity index (χ0) is 18.6. The Labute approximate surface area is 155 Å². The van der Waals surface area contributed by atoms with E-state index in [0.29, 0.717) is 43.8 Å². The molecule has 7 nitrogen and oxygen atoms in total. The largest absolute Gasteiger partial charge is 0.481 e. The van der Waals surface area contributed by atoms with Gasteiger partial charge in [-0.05, 0) is 37.6 Å². The molecule has 1 aliphatic carbocycles. The second-order valence-electron chi connectivity index (χ2n) is 6.94. The van der Waals surface area contributed by atoms with Crippen LogP contribution in [0.5, 0.6) is 0 Å². The molecule has 1 saturated carbocycles. The molecule has 140 valence electrons. The number of nitrogens with one attached hydrogen (secondary N) is 1. The second kappa shape index (κ2) is 7.99. The van der Waals surface area contributed by atoms with E-state index in [2.05, 4.69) is 15.5 Å². The van der Waals surface area contributed by atoms with E-state index in [1.54, 1.807) is 11.3 Å². The van der Waals surface area contributed by atoms with Crippen LogP contribution in [0.4, 0.5) is 0 Å². The first-order chi connectivity index (χ1) is 12.5. The van der Waals surface area contributed by atoms with Crippen molar-refractivity contribution in [3.8, 4) is 10.7 Å². The Balaban J connectivity index is 1.49. The summed E-state index contributed by atoms with van der Waals surface area (Å²) in [7, 11) is 0. The minimum Gasteiger partial charge on any atom is -0.481 e. The number of carbonyl (C=O) groups is 2. The molecule has 2 atom stereocenters. The standard InChI is InChI=1S/C18H23N3O4S/c1-18(10-3-2-6-12(18)17(23)24)20-14(22)8-4-9-15-19-16(21-25-15)13-7-5-11-26-13/h5,7,11-12H,2-4,6,8-10H2,1H3,(H,20,22)(H,23,24). The summed E-state index contributed by atoms with van der Waals surface area (Å²) in [5.41, 5.74) is -0.669. The predicted octanol–water partition coefficient (Wildman–Crippen LogP) is 3.27. The van der Waals surface area contributed by atoms with Crippen molar-refractivity contribution in [3.63, 3.8) is 0 Å². The Morgan fingerprint density at radius 1 is 1.46 bits per heavy atom. The van der Waals surface area contributed by atoms with Gasteiger partial charge in [-0.25, -0.2) is 0 Å². The first-order valence-electron chi connectivity index (χ1n) is 8.88. The van der Waals surface area contributed by atoms with Gasteiger partial charge in [-0.15, -0.1) is 11.3 Å². The molecular weight excluding hydrogens is 354 g/mol. The van der Waals surface area contributed by atoms with Crippen LogP contribution >= 0.6 is 11.3 Å². The number of amides is 1. The van der Waals surface area contributed by atoms with E-state index in [9.17, 15) is 14.7 Å². The smallest absolute Gasteiger partial charge is 0.308 e. The quantitative estimate of drug-likeness (QED) is 0.767. The first kappa shape index (κ1) is 18.6. The van der Waals surface area contributed by atoms with Gasteiger partial charge in [0.2, 0.25) is 17.6 Å². The molecule has 1 amide bonds. The average molecular weight is 377 g/mol. The minimum absolute atomic E-state index is 0.126. The molecule has 0 radical (unpaired) electrons. The number of aliphatic carboxylic acids is 1. The van der Waals surface area contributed by atoms with Crippen molar-refractivity contribution in [3.05, 3.63) is 23.4 Å². The molecule has 8 heteroatoms. The van der Waals surface area contributed by atoms with Crippen LogP contribution in [0.1, 0.15) is 51.3 Å². The average Bonchev–Trinajstić information content (AvgIpc) is 3.25. The Hall–Kier alpha value is -2.22. The number of hydrogen-bond donors (Lipinski definition) is 2. The van der Waals surface area contributed by atoms with Gasteiger partial charge in [0.25, 0.3) is 0 Å². The maximum Gasteiger partial charge on any atom is 0.308 e. The van der Waals surface area contributed by atoms with Crippen molar-refractivity contribution in [2.75, 3.05) is 0 Å². The molecule has 0 aliphatic heterocycles. The van der Waals surface area contributed by atoms with E-state index < -0.39 is 17.4 Å². The molecule has 2 heterocycles. The number of thiophene rings is 1. The maximum absolute atomic E-state index is 12.3. The van der Waals surface area contributed by atoms with E-state index in [-0.39, 0.29) is 5.91 Å². The molecule has 26 heavy (non-hydrogen) atoms. The zero-order valence-electron chi connectivity index (χ0n) is 14.7. The van der Waals surface area contributed by atoms with Gasteiger partial charge >= 0.3 is 5.97 Å². The maximum atomic E-state index is 12.3. The molecule has 1 aliphatic rings. The van der Waals surface area contributed by atoms with Crippen molar-refractivity contribution in [1.82, 2.24) is 15.5 Å². The third-order valence-corrected chi connectivity index (χ3v) is 5.80. The molecule has 3 rings (SSSR count). The van der Waals surface area contributed by atoms with Gasteiger partial charge in [0.05, 0.1) is 16.3 Å². The highest BCUT2D eigenvalue weighted by Gasteiger charge is 2.41. The van der Waals surface area contributed by atoms with Gasteiger partial charge in [0.15, 0.2) is 0 Å². The molecule has 2 unspecified atom stereocenters. The lowest BCUT2D eigenvalue weighted by Crippen LogP contribution is -2.55. The molecule has 0 bridgehead atoms. The molecule has 0 saturated heterocycles. The monoisotopic (exact) mass is 377 g/mol. The van der Waals surface area contributed by atoms with Crippen LogP contribution in [-0.2, 0) is 16.0 Å². The summed E-state index contributed by atoms with van der Waals surface area (Å²) in [6, 6.07) is 3.85. The number of rotatable bonds is 7. The van der Waals surface area contributed by atoms with Crippen LogP contribution in [0, 0.1) is 5.92 Å². The fourth-order valence-electron chi connectivity index (χ4n) is 3.52. The Kier molecular flexibility index (Phi) is 5.70. The van der Waals surface area contributed by atoms with Crippen molar-refractivity contribution in [2.24, 2.45) is 5.92 Å². The fourth-order valence-corrected chi connectivity index (χ4v) is 4.17. The molecule has 1 fully saturated rings. The van der Waals surface area contributed by atoms with E-state index in [1.807, 2.05) is 24.4 Å². The molecule has 2 aromatic heterocycles. The van der Waals surface area contributed by atoms with Crippen LogP contribution in [0.15, 0.2) is 22.0 Å². The SMILES string of the molecule is CC1(NC(=O)CCCc2nc(-c3cccs3)no2)CCCCC1C(=O)O. The van der Waals surface area contributed by atoms with Crippen LogP contribution in [0.2, 0.25) is 0 Å². The van der Waals surface area contributed by atoms with Gasteiger partial charge < -0.3 is 14.9 Å². The molecule has 0 aromatic carbocycles. The van der Waals surface area contributed by atoms with Crippen LogP contribution < -0.4 is 5.32 Å². The van der Waals surface area contributed by atoms with E-state index in [4.69, 9.17) is 4.52 Å². The number of carboxylic acid groups (broad SMARTS) is 1. The minimum atomic E-state index is -0.834. The summed E-state index contributed by atoms with van der Waals surface area (Å²) in [6.45, 7) is 1.84. The third-order valence-electron chi connectivity index (χ3n) is 4.94. The normalized spacial score (nSPS) is 22.9. The van der Waals surface area contributed by atoms with Crippen molar-refractivity contribution >= 4 is 23.2 Å². The van der Waals surface area contributed by atoms with E-state index in [1.165, 1.54) is 0 Å². The highest BCUT2D eigenvalue weighted by atomic mass is 32.1. The van der Waals surface area contributed by atoms with Gasteiger partial charge in [-0.3, -0.25) is 9.59 Å². The highest BCUT2D eigenvalue weighted by Crippen LogP contribution is 2.34. The summed E-state index contributed by atoms with van der Waals surface area (Å²) in [5, 5.41) is 18.3. The summed E-state index contributed by atoms with van der Waals surface area (Å²) in [5.74, 6) is -0.408. The number of hydrogen-bond acceptors (Lipinski definition) is 6. The van der Waals surface area contributed by atoms with Crippen LogP contribution in [0.25, 0.3) is 10.7 Å². The molecule has 2 N–H and O–H groups in total. The lowest BCUT2D eigenvalue weighted by atomic mass is 9.74. The van der Waals surface area contributed by atoms with Gasteiger partial charge in [0.1, 0.15) is 0 Å². The second-order valence-corrected chi connectivity index (χ2v) is 7.89. The molecule has 2 aromatic rings. The summed E-state index contributed by atoms with van der Waals surface area (Å²) in [6.07, 6.45) is 4.54. The highest BCUT2D eigenvalue weighted by molar-refractivity contribution is 7.13. The Bertz CT molecular complexity index is 758. The Morgan fingerprint density at radius 3 is 3.04 bits per heavy atom. The number of carbonyl (C=O) groups excluding carboxylic acids is 1. The summed E-state index contributed by atoms with van der Waals surface area (Å²) >= 11 is 1.54. The molecular formula is C18H23N3O4S. The number of aromatic nitrogens is 2. The lowest BCUT2D eigenvalue weighted by molar-refractivity contribution is -0.146. The predicted molar refractivity (Wildman–Crippen MR) is 96.7 cm³/mol. The van der Waals surface area contributed by atoms with Gasteiger partial charge in [-0.2, -0.15) is 4.98 Å². The topological polar surface area (TPSA) is 105 Å². The van der Waals surface area contributed by atoms with Crippen LogP contribution in [-0.4, -0.2) is 32.7 Å². The zero-order valence-corrected chi connectivity index (χ0v) is 15.6. The Morgan fingerprint density at radius 2 is 2.31 bits per heavy atom. The number of carboxylic acids is 1. The number of nitrogens with zero attached hydrogens (tertiary/aromatic N) is 2. The van der Waals surface area contributed by atoms with Gasteiger partial charge in [0, 0.05) is 12.8 Å². The number of aryl methyl sites for hydroxylation is 1. The van der Waals surface area contributed by atoms with Crippen molar-refractivity contribution in [2.45, 2.75) is 57.4 Å². The lowest BCUT2D eigenvalue weighted by Gasteiger charge is -2.39. The summed E-state index contributed by atoms with van der Waals surface area (Å²) < 4.78 is 5.22. The van der Waals surface area contributed by atoms with E-state index in [0.717, 1.165) is 17.7 Å². The first-order valence-corrected chi connectivity index (χ1v) is 9.76. The summed E-state index contributed by atoms with van der Waals surface area (Å²) in [4.78, 5) is 29.1. The van der Waals surface area contributed by atoms with Gasteiger partial charge in [-0.1, -0.05) is 24.1 Å². The van der Waals surface area contributed by atoms with Crippen molar-refractivity contribution in [1.29, 1.82) is 0 Å². The van der Waals surface area contributed by atoms with Crippen LogP contribution in [0.3, 0.4) is 0 Å². The molecule has 0 spiro atoms.